The summed E-state index contributed by atoms with van der Waals surface area (Å²) in [6.07, 6.45) is 0.983. The van der Waals surface area contributed by atoms with E-state index in [-0.39, 0.29) is 0 Å². The van der Waals surface area contributed by atoms with Crippen molar-refractivity contribution in [2.75, 3.05) is 6.54 Å². The minimum absolute atomic E-state index is 0.695. The highest BCUT2D eigenvalue weighted by molar-refractivity contribution is 6.31. The molecule has 27 heavy (non-hydrogen) atoms. The van der Waals surface area contributed by atoms with Crippen LogP contribution in [-0.4, -0.2) is 26.1 Å². The lowest BCUT2D eigenvalue weighted by molar-refractivity contribution is 0.652. The van der Waals surface area contributed by atoms with Gasteiger partial charge in [-0.05, 0) is 57.9 Å². The van der Waals surface area contributed by atoms with Gasteiger partial charge in [0.05, 0.1) is 17.9 Å². The molecule has 0 aliphatic carbocycles. The number of hydrogen-bond acceptors (Lipinski definition) is 3. The summed E-state index contributed by atoms with van der Waals surface area (Å²) in [7, 11) is 2.00. The molecule has 0 unspecified atom stereocenters. The fourth-order valence-electron chi connectivity index (χ4n) is 3.54. The number of nitrogens with zero attached hydrogens (tertiary/aromatic N) is 4. The molecule has 5 nitrogen and oxygen atoms in total. The van der Waals surface area contributed by atoms with Gasteiger partial charge in [0.25, 0.3) is 0 Å². The Balaban J connectivity index is 1.62. The average Bonchev–Trinajstić information content (AvgIpc) is 3.03. The maximum atomic E-state index is 6.30. The van der Waals surface area contributed by atoms with Crippen molar-refractivity contribution in [3.8, 4) is 0 Å². The predicted molar refractivity (Wildman–Crippen MR) is 110 cm³/mol. The molecule has 0 spiro atoms. The Labute approximate surface area is 166 Å². The molecule has 0 saturated carbocycles. The second-order valence-corrected chi connectivity index (χ2v) is 7.51. The molecular formula is C21H28ClN5. The maximum Gasteiger partial charge on any atom is 0.0677 e. The van der Waals surface area contributed by atoms with E-state index in [0.29, 0.717) is 6.54 Å². The van der Waals surface area contributed by atoms with Gasteiger partial charge in [0.1, 0.15) is 0 Å². The third-order valence-electron chi connectivity index (χ3n) is 5.32. The third-order valence-corrected chi connectivity index (χ3v) is 5.69. The molecule has 1 N–H and O–H groups in total. The summed E-state index contributed by atoms with van der Waals surface area (Å²) in [4.78, 5) is 0. The number of aromatic nitrogens is 4. The fourth-order valence-corrected chi connectivity index (χ4v) is 3.73. The summed E-state index contributed by atoms with van der Waals surface area (Å²) in [5.74, 6) is 0. The smallest absolute Gasteiger partial charge is 0.0677 e. The topological polar surface area (TPSA) is 47.7 Å². The van der Waals surface area contributed by atoms with Crippen LogP contribution < -0.4 is 5.32 Å². The zero-order chi connectivity index (χ0) is 19.6. The molecule has 144 valence electrons. The predicted octanol–water partition coefficient (Wildman–Crippen LogP) is 3.88. The molecule has 0 bridgehead atoms. The van der Waals surface area contributed by atoms with Crippen LogP contribution in [0.5, 0.6) is 0 Å². The molecule has 3 rings (SSSR count). The van der Waals surface area contributed by atoms with Crippen LogP contribution >= 0.6 is 11.6 Å². The molecule has 0 saturated heterocycles. The number of halogens is 1. The van der Waals surface area contributed by atoms with E-state index in [1.165, 1.54) is 22.5 Å². The molecular weight excluding hydrogens is 358 g/mol. The van der Waals surface area contributed by atoms with Crippen LogP contribution in [0.3, 0.4) is 0 Å². The van der Waals surface area contributed by atoms with Crippen LogP contribution in [0, 0.1) is 27.7 Å². The lowest BCUT2D eigenvalue weighted by atomic mass is 10.1. The van der Waals surface area contributed by atoms with Crippen molar-refractivity contribution in [3.05, 3.63) is 68.8 Å². The van der Waals surface area contributed by atoms with Crippen LogP contribution in [-0.2, 0) is 26.6 Å². The highest BCUT2D eigenvalue weighted by atomic mass is 35.5. The van der Waals surface area contributed by atoms with Gasteiger partial charge in [-0.15, -0.1) is 0 Å². The first-order valence-electron chi connectivity index (χ1n) is 9.34. The van der Waals surface area contributed by atoms with E-state index in [4.69, 9.17) is 16.7 Å². The van der Waals surface area contributed by atoms with Crippen LogP contribution in [0.4, 0.5) is 0 Å². The molecule has 0 fully saturated rings. The average molecular weight is 386 g/mol. The number of hydrogen-bond donors (Lipinski definition) is 1. The number of rotatable bonds is 7. The van der Waals surface area contributed by atoms with Crippen molar-refractivity contribution >= 4 is 11.6 Å². The van der Waals surface area contributed by atoms with Crippen LogP contribution in [0.2, 0.25) is 5.02 Å². The van der Waals surface area contributed by atoms with E-state index in [9.17, 15) is 0 Å². The minimum Gasteiger partial charge on any atom is -0.312 e. The van der Waals surface area contributed by atoms with E-state index in [1.54, 1.807) is 0 Å². The molecule has 0 aliphatic heterocycles. The summed E-state index contributed by atoms with van der Waals surface area (Å²) in [6.45, 7) is 10.8. The van der Waals surface area contributed by atoms with E-state index in [1.807, 2.05) is 34.6 Å². The molecule has 3 aromatic rings. The van der Waals surface area contributed by atoms with Gasteiger partial charge >= 0.3 is 0 Å². The van der Waals surface area contributed by atoms with Crippen molar-refractivity contribution in [1.29, 1.82) is 0 Å². The van der Waals surface area contributed by atoms with Crippen molar-refractivity contribution in [1.82, 2.24) is 24.9 Å². The SMILES string of the molecule is Cc1nn(C)c(C)c1CCNCc1c(C)nn(Cc2ccccc2Cl)c1C. The van der Waals surface area contributed by atoms with Crippen molar-refractivity contribution in [3.63, 3.8) is 0 Å². The van der Waals surface area contributed by atoms with Gasteiger partial charge in [-0.2, -0.15) is 10.2 Å². The van der Waals surface area contributed by atoms with Crippen molar-refractivity contribution < 1.29 is 0 Å². The lowest BCUT2D eigenvalue weighted by Crippen LogP contribution is -2.18. The van der Waals surface area contributed by atoms with Gasteiger partial charge in [-0.25, -0.2) is 0 Å². The highest BCUT2D eigenvalue weighted by Gasteiger charge is 2.13. The third kappa shape index (κ3) is 4.25. The highest BCUT2D eigenvalue weighted by Crippen LogP contribution is 2.19. The number of aryl methyl sites for hydroxylation is 3. The lowest BCUT2D eigenvalue weighted by Gasteiger charge is -2.08. The van der Waals surface area contributed by atoms with Gasteiger partial charge in [0, 0.05) is 35.6 Å². The molecule has 2 aromatic heterocycles. The summed E-state index contributed by atoms with van der Waals surface area (Å²) in [5, 5.41) is 13.6. The summed E-state index contributed by atoms with van der Waals surface area (Å²) < 4.78 is 4.00. The second kappa shape index (κ2) is 8.28. The minimum atomic E-state index is 0.695. The van der Waals surface area contributed by atoms with Gasteiger partial charge in [-0.1, -0.05) is 29.8 Å². The van der Waals surface area contributed by atoms with E-state index >= 15 is 0 Å². The molecule has 0 radical (unpaired) electrons. The monoisotopic (exact) mass is 385 g/mol. The first-order valence-corrected chi connectivity index (χ1v) is 9.72. The van der Waals surface area contributed by atoms with Crippen molar-refractivity contribution in [2.45, 2.75) is 47.2 Å². The molecule has 0 amide bonds. The first kappa shape index (κ1) is 19.6. The zero-order valence-corrected chi connectivity index (χ0v) is 17.6. The Bertz CT molecular complexity index is 938. The quantitative estimate of drug-likeness (QED) is 0.628. The normalized spacial score (nSPS) is 11.3. The maximum absolute atomic E-state index is 6.30. The van der Waals surface area contributed by atoms with Crippen LogP contribution in [0.15, 0.2) is 24.3 Å². The molecule has 0 aliphatic rings. The molecule has 6 heteroatoms. The van der Waals surface area contributed by atoms with E-state index in [0.717, 1.165) is 41.5 Å². The first-order chi connectivity index (χ1) is 12.9. The largest absolute Gasteiger partial charge is 0.312 e. The summed E-state index contributed by atoms with van der Waals surface area (Å²) in [6, 6.07) is 7.94. The molecule has 1 aromatic carbocycles. The Morgan fingerprint density at radius 2 is 1.67 bits per heavy atom. The number of benzene rings is 1. The van der Waals surface area contributed by atoms with Gasteiger partial charge in [0.15, 0.2) is 0 Å². The zero-order valence-electron chi connectivity index (χ0n) is 16.8. The summed E-state index contributed by atoms with van der Waals surface area (Å²) >= 11 is 6.30. The summed E-state index contributed by atoms with van der Waals surface area (Å²) in [5.41, 5.74) is 8.32. The second-order valence-electron chi connectivity index (χ2n) is 7.10. The fraction of sp³-hybridized carbons (Fsp3) is 0.429. The van der Waals surface area contributed by atoms with E-state index in [2.05, 4.69) is 44.2 Å². The Morgan fingerprint density at radius 1 is 0.963 bits per heavy atom. The van der Waals surface area contributed by atoms with Crippen LogP contribution in [0.1, 0.15) is 39.5 Å². The standard InChI is InChI=1S/C21H28ClN5/c1-14-19(16(3)26(5)24-14)10-11-23-12-20-15(2)25-27(17(20)4)13-18-8-6-7-9-21(18)22/h6-9,23H,10-13H2,1-5H3. The number of nitrogens with one attached hydrogen (secondary N) is 1. The Morgan fingerprint density at radius 3 is 2.33 bits per heavy atom. The molecule has 2 heterocycles. The van der Waals surface area contributed by atoms with Gasteiger partial charge in [-0.3, -0.25) is 9.36 Å². The van der Waals surface area contributed by atoms with Gasteiger partial charge in [0.2, 0.25) is 0 Å². The molecule has 0 atom stereocenters. The van der Waals surface area contributed by atoms with Crippen LogP contribution in [0.25, 0.3) is 0 Å². The Kier molecular flexibility index (Phi) is 6.02. The van der Waals surface area contributed by atoms with Crippen molar-refractivity contribution in [2.24, 2.45) is 7.05 Å². The van der Waals surface area contributed by atoms with Gasteiger partial charge < -0.3 is 5.32 Å². The Hall–Kier alpha value is -2.11. The van der Waals surface area contributed by atoms with E-state index < -0.39 is 0 Å².